The van der Waals surface area contributed by atoms with E-state index in [0.29, 0.717) is 22.8 Å². The summed E-state index contributed by atoms with van der Waals surface area (Å²) in [7, 11) is 6.15. The van der Waals surface area contributed by atoms with Gasteiger partial charge in [-0.25, -0.2) is 0 Å². The summed E-state index contributed by atoms with van der Waals surface area (Å²) >= 11 is 0. The van der Waals surface area contributed by atoms with Gasteiger partial charge < -0.3 is 18.9 Å². The number of hydrogen-bond acceptors (Lipinski definition) is 5. The summed E-state index contributed by atoms with van der Waals surface area (Å²) in [5, 5.41) is 0. The smallest absolute Gasteiger partial charge is 0.203 e. The molecule has 0 aromatic heterocycles. The zero-order valence-corrected chi connectivity index (χ0v) is 14.2. The van der Waals surface area contributed by atoms with Crippen LogP contribution in [0.1, 0.15) is 15.9 Å². The van der Waals surface area contributed by atoms with Crippen LogP contribution in [0, 0.1) is 0 Å². The normalized spacial score (nSPS) is 10.5. The molecule has 2 aromatic rings. The largest absolute Gasteiger partial charge is 0.497 e. The second-order valence-electron chi connectivity index (χ2n) is 4.88. The summed E-state index contributed by atoms with van der Waals surface area (Å²) in [6.07, 6.45) is 3.24. The summed E-state index contributed by atoms with van der Waals surface area (Å²) in [5.74, 6) is 1.94. The minimum absolute atomic E-state index is 0.162. The van der Waals surface area contributed by atoms with Crippen molar-refractivity contribution in [2.75, 3.05) is 28.4 Å². The maximum absolute atomic E-state index is 12.4. The fourth-order valence-corrected chi connectivity index (χ4v) is 2.21. The molecule has 0 heterocycles. The molecule has 0 atom stereocenters. The van der Waals surface area contributed by atoms with Crippen LogP contribution in [0.2, 0.25) is 0 Å². The molecule has 0 aliphatic rings. The van der Waals surface area contributed by atoms with Crippen LogP contribution < -0.4 is 18.9 Å². The van der Waals surface area contributed by atoms with E-state index in [-0.39, 0.29) is 5.78 Å². The van der Waals surface area contributed by atoms with Crippen LogP contribution in [0.4, 0.5) is 0 Å². The highest BCUT2D eigenvalue weighted by Crippen LogP contribution is 2.38. The van der Waals surface area contributed by atoms with Gasteiger partial charge in [-0.05, 0) is 35.9 Å². The monoisotopic (exact) mass is 328 g/mol. The molecule has 0 radical (unpaired) electrons. The zero-order chi connectivity index (χ0) is 17.5. The molecule has 2 aromatic carbocycles. The van der Waals surface area contributed by atoms with Gasteiger partial charge in [-0.3, -0.25) is 4.79 Å². The van der Waals surface area contributed by atoms with Gasteiger partial charge in [-0.15, -0.1) is 0 Å². The second kappa shape index (κ2) is 8.06. The van der Waals surface area contributed by atoms with Crippen LogP contribution in [0.3, 0.4) is 0 Å². The summed E-state index contributed by atoms with van der Waals surface area (Å²) in [5.41, 5.74) is 1.35. The lowest BCUT2D eigenvalue weighted by Crippen LogP contribution is -2.00. The van der Waals surface area contributed by atoms with Crippen molar-refractivity contribution in [1.82, 2.24) is 0 Å². The number of ether oxygens (including phenoxy) is 4. The van der Waals surface area contributed by atoms with Crippen molar-refractivity contribution in [3.8, 4) is 23.0 Å². The van der Waals surface area contributed by atoms with Gasteiger partial charge in [-0.1, -0.05) is 18.2 Å². The third kappa shape index (κ3) is 3.87. The number of hydrogen-bond donors (Lipinski definition) is 0. The number of ketones is 1. The molecule has 0 aliphatic heterocycles. The van der Waals surface area contributed by atoms with Crippen molar-refractivity contribution >= 4 is 11.9 Å². The highest BCUT2D eigenvalue weighted by Gasteiger charge is 2.15. The molecular weight excluding hydrogens is 308 g/mol. The first-order valence-electron chi connectivity index (χ1n) is 7.29. The summed E-state index contributed by atoms with van der Waals surface area (Å²) in [4.78, 5) is 12.4. The van der Waals surface area contributed by atoms with Crippen LogP contribution in [-0.4, -0.2) is 34.2 Å². The average Bonchev–Trinajstić information content (AvgIpc) is 2.65. The highest BCUT2D eigenvalue weighted by molar-refractivity contribution is 6.07. The minimum atomic E-state index is -0.162. The first kappa shape index (κ1) is 17.4. The zero-order valence-electron chi connectivity index (χ0n) is 14.2. The molecule has 2 rings (SSSR count). The molecule has 0 saturated heterocycles. The number of benzene rings is 2. The first-order valence-corrected chi connectivity index (χ1v) is 7.29. The van der Waals surface area contributed by atoms with Gasteiger partial charge in [0.2, 0.25) is 5.75 Å². The van der Waals surface area contributed by atoms with E-state index in [2.05, 4.69) is 0 Å². The van der Waals surface area contributed by atoms with Crippen LogP contribution in [0.15, 0.2) is 42.5 Å². The third-order valence-corrected chi connectivity index (χ3v) is 3.49. The molecule has 0 spiro atoms. The summed E-state index contributed by atoms with van der Waals surface area (Å²) in [6, 6.07) is 10.7. The third-order valence-electron chi connectivity index (χ3n) is 3.49. The van der Waals surface area contributed by atoms with Gasteiger partial charge in [0.1, 0.15) is 5.75 Å². The van der Waals surface area contributed by atoms with Crippen molar-refractivity contribution in [3.63, 3.8) is 0 Å². The molecule has 0 bridgehead atoms. The highest BCUT2D eigenvalue weighted by atomic mass is 16.5. The number of carbonyl (C=O) groups excluding carboxylic acids is 1. The van der Waals surface area contributed by atoms with Gasteiger partial charge in [0, 0.05) is 5.56 Å². The molecule has 0 amide bonds. The van der Waals surface area contributed by atoms with Gasteiger partial charge in [0.25, 0.3) is 0 Å². The average molecular weight is 328 g/mol. The Morgan fingerprint density at radius 3 is 1.88 bits per heavy atom. The molecule has 0 fully saturated rings. The molecule has 0 saturated carbocycles. The number of rotatable bonds is 7. The molecule has 0 N–H and O–H groups in total. The predicted octanol–water partition coefficient (Wildman–Crippen LogP) is 3.62. The van der Waals surface area contributed by atoms with E-state index >= 15 is 0 Å². The van der Waals surface area contributed by atoms with Crippen LogP contribution in [0.25, 0.3) is 6.08 Å². The topological polar surface area (TPSA) is 54.0 Å². The molecule has 126 valence electrons. The van der Waals surface area contributed by atoms with Gasteiger partial charge in [0.05, 0.1) is 28.4 Å². The molecule has 24 heavy (non-hydrogen) atoms. The number of allylic oxidation sites excluding steroid dienone is 1. The van der Waals surface area contributed by atoms with Gasteiger partial charge in [-0.2, -0.15) is 0 Å². The van der Waals surface area contributed by atoms with E-state index in [1.54, 1.807) is 25.3 Å². The Bertz CT molecular complexity index is 707. The molecule has 0 aliphatic carbocycles. The molecule has 0 unspecified atom stereocenters. The molecule has 5 nitrogen and oxygen atoms in total. The van der Waals surface area contributed by atoms with E-state index in [4.69, 9.17) is 18.9 Å². The lowest BCUT2D eigenvalue weighted by atomic mass is 10.1. The van der Waals surface area contributed by atoms with Crippen molar-refractivity contribution < 1.29 is 23.7 Å². The van der Waals surface area contributed by atoms with Crippen molar-refractivity contribution in [2.45, 2.75) is 0 Å². The Balaban J connectivity index is 2.26. The maximum Gasteiger partial charge on any atom is 0.203 e. The minimum Gasteiger partial charge on any atom is -0.497 e. The number of carbonyl (C=O) groups is 1. The Kier molecular flexibility index (Phi) is 5.84. The SMILES string of the molecule is COc1ccc(C=CC(=O)c2cc(OC)c(OC)c(OC)c2)cc1. The van der Waals surface area contributed by atoms with E-state index in [0.717, 1.165) is 11.3 Å². The van der Waals surface area contributed by atoms with Gasteiger partial charge >= 0.3 is 0 Å². The molecule has 5 heteroatoms. The Hall–Kier alpha value is -2.95. The van der Waals surface area contributed by atoms with E-state index < -0.39 is 0 Å². The lowest BCUT2D eigenvalue weighted by molar-refractivity contribution is 0.104. The quantitative estimate of drug-likeness (QED) is 0.574. The first-order chi connectivity index (χ1) is 11.6. The van der Waals surface area contributed by atoms with Crippen molar-refractivity contribution in [1.29, 1.82) is 0 Å². The van der Waals surface area contributed by atoms with Crippen LogP contribution in [0.5, 0.6) is 23.0 Å². The van der Waals surface area contributed by atoms with Crippen LogP contribution in [-0.2, 0) is 0 Å². The van der Waals surface area contributed by atoms with Crippen LogP contribution >= 0.6 is 0 Å². The Morgan fingerprint density at radius 2 is 1.42 bits per heavy atom. The van der Waals surface area contributed by atoms with E-state index in [9.17, 15) is 4.79 Å². The fourth-order valence-electron chi connectivity index (χ4n) is 2.21. The van der Waals surface area contributed by atoms with E-state index in [1.807, 2.05) is 24.3 Å². The van der Waals surface area contributed by atoms with Crippen molar-refractivity contribution in [3.05, 3.63) is 53.6 Å². The predicted molar refractivity (Wildman–Crippen MR) is 92.5 cm³/mol. The van der Waals surface area contributed by atoms with Gasteiger partial charge in [0.15, 0.2) is 17.3 Å². The fraction of sp³-hybridized carbons (Fsp3) is 0.211. The Morgan fingerprint density at radius 1 is 0.833 bits per heavy atom. The van der Waals surface area contributed by atoms with Crippen molar-refractivity contribution in [2.24, 2.45) is 0 Å². The summed E-state index contributed by atoms with van der Waals surface area (Å²) < 4.78 is 20.9. The molecular formula is C19H20O5. The number of methoxy groups -OCH3 is 4. The van der Waals surface area contributed by atoms with E-state index in [1.165, 1.54) is 27.4 Å². The maximum atomic E-state index is 12.4. The Labute approximate surface area is 141 Å². The standard InChI is InChI=1S/C19H20O5/c1-21-15-8-5-13(6-9-15)7-10-16(20)14-11-17(22-2)19(24-4)18(12-14)23-3/h5-12H,1-4H3. The lowest BCUT2D eigenvalue weighted by Gasteiger charge is -2.13. The summed E-state index contributed by atoms with van der Waals surface area (Å²) in [6.45, 7) is 0. The second-order valence-corrected chi connectivity index (χ2v) is 4.88.